The summed E-state index contributed by atoms with van der Waals surface area (Å²) in [5.74, 6) is 0.989. The van der Waals surface area contributed by atoms with Gasteiger partial charge in [0.25, 0.3) is 5.91 Å². The summed E-state index contributed by atoms with van der Waals surface area (Å²) in [5.41, 5.74) is 5.04. The molecule has 1 aromatic carbocycles. The highest BCUT2D eigenvalue weighted by atomic mass is 16.3. The molecule has 0 N–H and O–H groups in total. The summed E-state index contributed by atoms with van der Waals surface area (Å²) < 4.78 is 5.07. The zero-order valence-corrected chi connectivity index (χ0v) is 15.7. The molecule has 0 bridgehead atoms. The van der Waals surface area contributed by atoms with Crippen LogP contribution in [0.25, 0.3) is 11.1 Å². The molecule has 0 spiro atoms. The number of furan rings is 1. The molecule has 5 nitrogen and oxygen atoms in total. The Kier molecular flexibility index (Phi) is 4.75. The van der Waals surface area contributed by atoms with Gasteiger partial charge in [0.15, 0.2) is 0 Å². The maximum atomic E-state index is 12.7. The maximum Gasteiger partial charge on any atom is 0.257 e. The fourth-order valence-electron chi connectivity index (χ4n) is 3.79. The predicted octanol–water partition coefficient (Wildman–Crippen LogP) is 4.37. The van der Waals surface area contributed by atoms with Crippen LogP contribution in [0.2, 0.25) is 0 Å². The number of rotatable bonds is 3. The van der Waals surface area contributed by atoms with Crippen molar-refractivity contribution < 1.29 is 9.21 Å². The highest BCUT2D eigenvalue weighted by molar-refractivity contribution is 5.94. The Morgan fingerprint density at radius 3 is 2.93 bits per heavy atom. The van der Waals surface area contributed by atoms with Crippen molar-refractivity contribution >= 4 is 5.91 Å². The quantitative estimate of drug-likeness (QED) is 0.695. The van der Waals surface area contributed by atoms with Gasteiger partial charge >= 0.3 is 0 Å². The number of aryl methyl sites for hydroxylation is 2. The molecule has 4 rings (SSSR count). The van der Waals surface area contributed by atoms with E-state index < -0.39 is 0 Å². The fraction of sp³-hybridized carbons (Fsp3) is 0.318. The van der Waals surface area contributed by atoms with Crippen molar-refractivity contribution in [2.45, 2.75) is 32.6 Å². The van der Waals surface area contributed by atoms with Gasteiger partial charge < -0.3 is 9.32 Å². The average Bonchev–Trinajstić information content (AvgIpc) is 3.22. The summed E-state index contributed by atoms with van der Waals surface area (Å²) in [6, 6.07) is 10.1. The lowest BCUT2D eigenvalue weighted by molar-refractivity contribution is 0.0705. The average molecular weight is 361 g/mol. The Balaban J connectivity index is 1.66. The smallest absolute Gasteiger partial charge is 0.257 e. The predicted molar refractivity (Wildman–Crippen MR) is 104 cm³/mol. The number of hydrogen-bond donors (Lipinski definition) is 0. The van der Waals surface area contributed by atoms with Gasteiger partial charge in [-0.25, -0.2) is 9.97 Å². The molecule has 1 atom stereocenters. The topological polar surface area (TPSA) is 59.2 Å². The zero-order chi connectivity index (χ0) is 18.8. The van der Waals surface area contributed by atoms with E-state index in [4.69, 9.17) is 9.40 Å². The van der Waals surface area contributed by atoms with Crippen molar-refractivity contribution in [3.8, 4) is 11.1 Å². The van der Waals surface area contributed by atoms with Gasteiger partial charge in [-0.2, -0.15) is 0 Å². The highest BCUT2D eigenvalue weighted by Gasteiger charge is 2.28. The molecule has 3 aromatic rings. The summed E-state index contributed by atoms with van der Waals surface area (Å²) in [7, 11) is 0. The third-order valence-corrected chi connectivity index (χ3v) is 5.13. The monoisotopic (exact) mass is 361 g/mol. The summed E-state index contributed by atoms with van der Waals surface area (Å²) in [5, 5.41) is 0. The molecule has 1 amide bonds. The van der Waals surface area contributed by atoms with Gasteiger partial charge in [-0.1, -0.05) is 29.8 Å². The van der Waals surface area contributed by atoms with Crippen LogP contribution in [0.3, 0.4) is 0 Å². The third kappa shape index (κ3) is 3.63. The molecule has 0 aliphatic carbocycles. The Hall–Kier alpha value is -2.95. The maximum absolute atomic E-state index is 12.7. The summed E-state index contributed by atoms with van der Waals surface area (Å²) in [6.45, 7) is 5.44. The van der Waals surface area contributed by atoms with E-state index in [0.717, 1.165) is 42.0 Å². The lowest BCUT2D eigenvalue weighted by atomic mass is 9.89. The van der Waals surface area contributed by atoms with Gasteiger partial charge in [0.1, 0.15) is 12.1 Å². The van der Waals surface area contributed by atoms with Crippen molar-refractivity contribution in [3.63, 3.8) is 0 Å². The van der Waals surface area contributed by atoms with Gasteiger partial charge in [0, 0.05) is 30.8 Å². The molecule has 1 aliphatic heterocycles. The minimum atomic E-state index is 0.0244. The molecule has 5 heteroatoms. The van der Waals surface area contributed by atoms with Crippen molar-refractivity contribution in [2.24, 2.45) is 0 Å². The molecule has 0 radical (unpaired) electrons. The zero-order valence-electron chi connectivity index (χ0n) is 15.7. The minimum Gasteiger partial charge on any atom is -0.472 e. The van der Waals surface area contributed by atoms with Gasteiger partial charge in [-0.3, -0.25) is 4.79 Å². The minimum absolute atomic E-state index is 0.0244. The number of amides is 1. The molecule has 0 unspecified atom stereocenters. The fourth-order valence-corrected chi connectivity index (χ4v) is 3.79. The molecule has 138 valence electrons. The van der Waals surface area contributed by atoms with E-state index in [1.54, 1.807) is 6.07 Å². The van der Waals surface area contributed by atoms with Crippen LogP contribution in [0, 0.1) is 13.8 Å². The second-order valence-corrected chi connectivity index (χ2v) is 7.19. The van der Waals surface area contributed by atoms with Crippen molar-refractivity contribution in [1.29, 1.82) is 0 Å². The molecule has 1 fully saturated rings. The molecule has 2 aromatic heterocycles. The largest absolute Gasteiger partial charge is 0.472 e. The van der Waals surface area contributed by atoms with E-state index in [1.165, 1.54) is 18.1 Å². The van der Waals surface area contributed by atoms with E-state index in [1.807, 2.05) is 18.0 Å². The molecule has 27 heavy (non-hydrogen) atoms. The van der Waals surface area contributed by atoms with E-state index in [2.05, 4.69) is 36.2 Å². The molecular formula is C22H23N3O2. The summed E-state index contributed by atoms with van der Waals surface area (Å²) >= 11 is 0. The summed E-state index contributed by atoms with van der Waals surface area (Å²) in [4.78, 5) is 23.9. The van der Waals surface area contributed by atoms with E-state index in [-0.39, 0.29) is 11.8 Å². The van der Waals surface area contributed by atoms with Gasteiger partial charge in [0.2, 0.25) is 0 Å². The lowest BCUT2D eigenvalue weighted by Gasteiger charge is -2.33. The second kappa shape index (κ2) is 7.35. The van der Waals surface area contributed by atoms with Crippen LogP contribution >= 0.6 is 0 Å². The highest BCUT2D eigenvalue weighted by Crippen LogP contribution is 2.33. The van der Waals surface area contributed by atoms with Gasteiger partial charge in [-0.15, -0.1) is 0 Å². The van der Waals surface area contributed by atoms with Crippen LogP contribution in [0.4, 0.5) is 0 Å². The van der Waals surface area contributed by atoms with Crippen LogP contribution in [-0.4, -0.2) is 33.9 Å². The van der Waals surface area contributed by atoms with Crippen LogP contribution in [0.5, 0.6) is 0 Å². The number of hydrogen-bond acceptors (Lipinski definition) is 4. The first kappa shape index (κ1) is 17.5. The standard InChI is InChI=1S/C22H23N3O2/c1-15-5-3-6-17(11-15)20-12-23-16(2)24-21(20)18-7-4-9-25(13-18)22(26)19-8-10-27-14-19/h3,5-6,8,10-12,14,18H,4,7,9,13H2,1-2H3/t18-/m1/s1. The van der Waals surface area contributed by atoms with Crippen LogP contribution in [0.1, 0.15) is 46.2 Å². The number of likely N-dealkylation sites (tertiary alicyclic amines) is 1. The third-order valence-electron chi connectivity index (χ3n) is 5.13. The summed E-state index contributed by atoms with van der Waals surface area (Å²) in [6.07, 6.45) is 6.95. The van der Waals surface area contributed by atoms with E-state index in [9.17, 15) is 4.79 Å². The van der Waals surface area contributed by atoms with Crippen molar-refractivity contribution in [1.82, 2.24) is 14.9 Å². The van der Waals surface area contributed by atoms with Crippen LogP contribution in [0.15, 0.2) is 53.5 Å². The number of carbonyl (C=O) groups excluding carboxylic acids is 1. The second-order valence-electron chi connectivity index (χ2n) is 7.19. The number of benzene rings is 1. The molecule has 1 saturated heterocycles. The van der Waals surface area contributed by atoms with E-state index in [0.29, 0.717) is 12.1 Å². The Bertz CT molecular complexity index is 950. The lowest BCUT2D eigenvalue weighted by Crippen LogP contribution is -2.39. The van der Waals surface area contributed by atoms with Crippen LogP contribution < -0.4 is 0 Å². The van der Waals surface area contributed by atoms with Gasteiger partial charge in [-0.05, 0) is 38.3 Å². The van der Waals surface area contributed by atoms with Crippen molar-refractivity contribution in [3.05, 3.63) is 71.7 Å². The van der Waals surface area contributed by atoms with Crippen molar-refractivity contribution in [2.75, 3.05) is 13.1 Å². The van der Waals surface area contributed by atoms with E-state index >= 15 is 0 Å². The number of piperidine rings is 1. The number of aromatic nitrogens is 2. The molecular weight excluding hydrogens is 338 g/mol. The Labute approximate surface area is 159 Å². The van der Waals surface area contributed by atoms with Crippen LogP contribution in [-0.2, 0) is 0 Å². The molecule has 3 heterocycles. The first-order chi connectivity index (χ1) is 13.1. The first-order valence-corrected chi connectivity index (χ1v) is 9.34. The first-order valence-electron chi connectivity index (χ1n) is 9.34. The SMILES string of the molecule is Cc1cccc(-c2cnc(C)nc2[C@@H]2CCCN(C(=O)c3ccoc3)C2)c1. The molecule has 0 saturated carbocycles. The Morgan fingerprint density at radius 2 is 2.15 bits per heavy atom. The normalized spacial score (nSPS) is 17.1. The number of nitrogens with zero attached hydrogens (tertiary/aromatic N) is 3. The Morgan fingerprint density at radius 1 is 1.26 bits per heavy atom. The number of carbonyl (C=O) groups is 1. The molecule has 1 aliphatic rings. The van der Waals surface area contributed by atoms with Gasteiger partial charge in [0.05, 0.1) is 17.5 Å².